The van der Waals surface area contributed by atoms with Crippen LogP contribution in [-0.2, 0) is 4.79 Å². The van der Waals surface area contributed by atoms with Gasteiger partial charge in [0, 0.05) is 25.7 Å². The number of aliphatic carboxylic acids is 1. The van der Waals surface area contributed by atoms with Crippen LogP contribution in [0.5, 0.6) is 0 Å². The van der Waals surface area contributed by atoms with E-state index in [1.165, 1.54) is 25.9 Å². The van der Waals surface area contributed by atoms with Gasteiger partial charge < -0.3 is 20.2 Å². The predicted molar refractivity (Wildman–Crippen MR) is 73.4 cm³/mol. The van der Waals surface area contributed by atoms with E-state index in [-0.39, 0.29) is 18.0 Å². The van der Waals surface area contributed by atoms with E-state index in [0.29, 0.717) is 31.8 Å². The minimum absolute atomic E-state index is 0.00686. The third-order valence-electron chi connectivity index (χ3n) is 5.10. The molecule has 2 bridgehead atoms. The number of carbonyl (C=O) groups excluding carboxylic acids is 1. The number of nitrogens with zero attached hydrogens (tertiary/aromatic N) is 2. The standard InChI is InChI=1S/C14H23N3O3/c18-13(19)11-3-7-17(8-4-11)14(20)15-12-9-16-5-1-10(12)2-6-16/h10-12H,1-9H2,(H,15,20)(H,18,19). The molecule has 0 aromatic carbocycles. The molecule has 4 saturated heterocycles. The Morgan fingerprint density at radius 1 is 1.00 bits per heavy atom. The van der Waals surface area contributed by atoms with E-state index in [4.69, 9.17) is 5.11 Å². The van der Waals surface area contributed by atoms with E-state index in [1.54, 1.807) is 4.90 Å². The summed E-state index contributed by atoms with van der Waals surface area (Å²) in [5.41, 5.74) is 0. The summed E-state index contributed by atoms with van der Waals surface area (Å²) in [6.07, 6.45) is 3.52. The zero-order valence-corrected chi connectivity index (χ0v) is 11.8. The van der Waals surface area contributed by atoms with Crippen molar-refractivity contribution >= 4 is 12.0 Å². The number of carboxylic acid groups (broad SMARTS) is 1. The second kappa shape index (κ2) is 5.60. The molecule has 0 aliphatic carbocycles. The average Bonchev–Trinajstić information content (AvgIpc) is 2.48. The maximum atomic E-state index is 12.3. The van der Waals surface area contributed by atoms with Crippen LogP contribution < -0.4 is 5.32 Å². The fourth-order valence-corrected chi connectivity index (χ4v) is 3.71. The van der Waals surface area contributed by atoms with Crippen LogP contribution in [0, 0.1) is 11.8 Å². The van der Waals surface area contributed by atoms with Crippen LogP contribution in [-0.4, -0.2) is 65.7 Å². The van der Waals surface area contributed by atoms with Crippen LogP contribution in [0.25, 0.3) is 0 Å². The molecule has 1 atom stereocenters. The van der Waals surface area contributed by atoms with Crippen LogP contribution in [0.1, 0.15) is 25.7 Å². The van der Waals surface area contributed by atoms with Gasteiger partial charge in [-0.15, -0.1) is 0 Å². The summed E-state index contributed by atoms with van der Waals surface area (Å²) in [6, 6.07) is 0.273. The molecule has 20 heavy (non-hydrogen) atoms. The number of likely N-dealkylation sites (tertiary alicyclic amines) is 1. The van der Waals surface area contributed by atoms with Gasteiger partial charge in [-0.3, -0.25) is 4.79 Å². The molecule has 0 aromatic heterocycles. The summed E-state index contributed by atoms with van der Waals surface area (Å²) in [7, 11) is 0. The van der Waals surface area contributed by atoms with Crippen molar-refractivity contribution in [3.05, 3.63) is 0 Å². The van der Waals surface area contributed by atoms with Gasteiger partial charge in [-0.25, -0.2) is 4.79 Å². The summed E-state index contributed by atoms with van der Waals surface area (Å²) in [5, 5.41) is 12.1. The lowest BCUT2D eigenvalue weighted by molar-refractivity contribution is -0.143. The maximum absolute atomic E-state index is 12.3. The van der Waals surface area contributed by atoms with Crippen molar-refractivity contribution in [3.8, 4) is 0 Å². The van der Waals surface area contributed by atoms with Gasteiger partial charge >= 0.3 is 12.0 Å². The lowest BCUT2D eigenvalue weighted by atomic mass is 9.84. The maximum Gasteiger partial charge on any atom is 0.317 e. The molecule has 0 spiro atoms. The highest BCUT2D eigenvalue weighted by atomic mass is 16.4. The highest BCUT2D eigenvalue weighted by Crippen LogP contribution is 2.27. The molecule has 4 aliphatic heterocycles. The molecule has 1 unspecified atom stereocenters. The number of urea groups is 1. The number of hydrogen-bond donors (Lipinski definition) is 2. The Morgan fingerprint density at radius 2 is 1.65 bits per heavy atom. The van der Waals surface area contributed by atoms with Crippen molar-refractivity contribution in [2.24, 2.45) is 11.8 Å². The molecule has 4 aliphatic rings. The van der Waals surface area contributed by atoms with Gasteiger partial charge in [0.1, 0.15) is 0 Å². The van der Waals surface area contributed by atoms with E-state index < -0.39 is 5.97 Å². The molecule has 112 valence electrons. The number of carbonyl (C=O) groups is 2. The van der Waals surface area contributed by atoms with Gasteiger partial charge in [-0.2, -0.15) is 0 Å². The summed E-state index contributed by atoms with van der Waals surface area (Å²) >= 11 is 0. The third-order valence-corrected chi connectivity index (χ3v) is 5.10. The van der Waals surface area contributed by atoms with Crippen molar-refractivity contribution in [2.75, 3.05) is 32.7 Å². The Balaban J connectivity index is 1.49. The molecular weight excluding hydrogens is 258 g/mol. The first-order valence-corrected chi connectivity index (χ1v) is 7.64. The van der Waals surface area contributed by atoms with Gasteiger partial charge in [-0.05, 0) is 44.7 Å². The number of hydrogen-bond acceptors (Lipinski definition) is 3. The minimum atomic E-state index is -0.734. The van der Waals surface area contributed by atoms with Gasteiger partial charge in [0.15, 0.2) is 0 Å². The van der Waals surface area contributed by atoms with Crippen molar-refractivity contribution < 1.29 is 14.7 Å². The van der Waals surface area contributed by atoms with Crippen LogP contribution in [0.15, 0.2) is 0 Å². The molecule has 6 heteroatoms. The Labute approximate surface area is 119 Å². The summed E-state index contributed by atoms with van der Waals surface area (Å²) < 4.78 is 0. The van der Waals surface area contributed by atoms with Crippen LogP contribution in [0.2, 0.25) is 0 Å². The zero-order valence-electron chi connectivity index (χ0n) is 11.8. The fourth-order valence-electron chi connectivity index (χ4n) is 3.71. The number of rotatable bonds is 2. The molecule has 6 nitrogen and oxygen atoms in total. The summed E-state index contributed by atoms with van der Waals surface area (Å²) in [6.45, 7) is 4.43. The monoisotopic (exact) mass is 281 g/mol. The van der Waals surface area contributed by atoms with Gasteiger partial charge in [0.05, 0.1) is 5.92 Å². The highest BCUT2D eigenvalue weighted by Gasteiger charge is 2.36. The van der Waals surface area contributed by atoms with E-state index in [9.17, 15) is 9.59 Å². The first-order chi connectivity index (χ1) is 9.63. The molecule has 2 N–H and O–H groups in total. The van der Waals surface area contributed by atoms with E-state index in [0.717, 1.165) is 6.54 Å². The molecule has 0 aromatic rings. The normalized spacial score (nSPS) is 34.0. The van der Waals surface area contributed by atoms with Gasteiger partial charge in [0.2, 0.25) is 0 Å². The highest BCUT2D eigenvalue weighted by molar-refractivity contribution is 5.75. The number of carboxylic acids is 1. The second-order valence-electron chi connectivity index (χ2n) is 6.29. The lowest BCUT2D eigenvalue weighted by Crippen LogP contribution is -2.59. The van der Waals surface area contributed by atoms with E-state index >= 15 is 0 Å². The molecule has 4 heterocycles. The topological polar surface area (TPSA) is 72.9 Å². The van der Waals surface area contributed by atoms with Crippen molar-refractivity contribution in [1.29, 1.82) is 0 Å². The van der Waals surface area contributed by atoms with Gasteiger partial charge in [-0.1, -0.05) is 0 Å². The van der Waals surface area contributed by atoms with Crippen molar-refractivity contribution in [2.45, 2.75) is 31.7 Å². The SMILES string of the molecule is O=C(O)C1CCN(C(=O)NC2CN3CCC2CC3)CC1. The largest absolute Gasteiger partial charge is 0.481 e. The van der Waals surface area contributed by atoms with E-state index in [1.807, 2.05) is 0 Å². The predicted octanol–water partition coefficient (Wildman–Crippen LogP) is 0.587. The molecule has 4 rings (SSSR count). The Morgan fingerprint density at radius 3 is 2.15 bits per heavy atom. The smallest absolute Gasteiger partial charge is 0.317 e. The van der Waals surface area contributed by atoms with Gasteiger partial charge in [0.25, 0.3) is 0 Å². The fraction of sp³-hybridized carbons (Fsp3) is 0.857. The number of nitrogens with one attached hydrogen (secondary N) is 1. The summed E-state index contributed by atoms with van der Waals surface area (Å²) in [5.74, 6) is -0.390. The molecule has 2 amide bonds. The van der Waals surface area contributed by atoms with Crippen LogP contribution in [0.4, 0.5) is 4.79 Å². The number of fused-ring (bicyclic) bond motifs is 3. The Kier molecular flexibility index (Phi) is 3.83. The quantitative estimate of drug-likeness (QED) is 0.777. The van der Waals surface area contributed by atoms with Crippen molar-refractivity contribution in [1.82, 2.24) is 15.1 Å². The molecule has 0 saturated carbocycles. The first-order valence-electron chi connectivity index (χ1n) is 7.64. The third kappa shape index (κ3) is 2.75. The van der Waals surface area contributed by atoms with E-state index in [2.05, 4.69) is 10.2 Å². The number of amides is 2. The molecule has 4 fully saturated rings. The first kappa shape index (κ1) is 13.7. The minimum Gasteiger partial charge on any atom is -0.481 e. The average molecular weight is 281 g/mol. The van der Waals surface area contributed by atoms with Crippen LogP contribution >= 0.6 is 0 Å². The molecule has 0 radical (unpaired) electrons. The Bertz CT molecular complexity index is 385. The molecular formula is C14H23N3O3. The summed E-state index contributed by atoms with van der Waals surface area (Å²) in [4.78, 5) is 27.4. The zero-order chi connectivity index (χ0) is 14.1. The number of piperidine rings is 4. The Hall–Kier alpha value is -1.30. The van der Waals surface area contributed by atoms with Crippen molar-refractivity contribution in [3.63, 3.8) is 0 Å². The van der Waals surface area contributed by atoms with Crippen LogP contribution in [0.3, 0.4) is 0 Å². The second-order valence-corrected chi connectivity index (χ2v) is 6.29. The lowest BCUT2D eigenvalue weighted by Gasteiger charge is -2.45.